The normalized spacial score (nSPS) is 11.1. The lowest BCUT2D eigenvalue weighted by atomic mass is 10.2. The molecule has 0 radical (unpaired) electrons. The number of nitrogens with one attached hydrogen (secondary N) is 1. The number of rotatable bonds is 6. The number of hydrogen-bond acceptors (Lipinski definition) is 5. The highest BCUT2D eigenvalue weighted by atomic mass is 127. The molecule has 2 aromatic carbocycles. The lowest BCUT2D eigenvalue weighted by molar-refractivity contribution is 0.0528. The third kappa shape index (κ3) is 7.10. The van der Waals surface area contributed by atoms with E-state index in [-0.39, 0.29) is 11.5 Å². The molecule has 0 spiro atoms. The van der Waals surface area contributed by atoms with E-state index >= 15 is 0 Å². The second kappa shape index (κ2) is 9.80. The number of anilines is 1. The standard InChI is InChI=1S/C16H12I3NO6S/c17-10-7-12(14(19)13(18)8-10)15(21)20-11-3-1-9(2-4-11)16(22)26-5-6-27(23,24)25/h1-4,7-8H,5-6H2,(H,20,21)(H,23,24,25). The highest BCUT2D eigenvalue weighted by Crippen LogP contribution is 2.24. The number of carbonyl (C=O) groups excluding carboxylic acids is 2. The SMILES string of the molecule is O=C(OCCS(=O)(=O)O)c1ccc(NC(=O)c2cc(I)cc(I)c2I)cc1. The molecule has 7 nitrogen and oxygen atoms in total. The van der Waals surface area contributed by atoms with Gasteiger partial charge in [0.2, 0.25) is 0 Å². The minimum absolute atomic E-state index is 0.196. The van der Waals surface area contributed by atoms with E-state index in [1.165, 1.54) is 12.1 Å². The monoisotopic (exact) mass is 727 g/mol. The molecule has 2 aromatic rings. The van der Waals surface area contributed by atoms with Gasteiger partial charge in [-0.3, -0.25) is 9.35 Å². The van der Waals surface area contributed by atoms with E-state index in [9.17, 15) is 18.0 Å². The Morgan fingerprint density at radius 2 is 1.70 bits per heavy atom. The van der Waals surface area contributed by atoms with Gasteiger partial charge in [0.05, 0.1) is 11.1 Å². The third-order valence-corrected chi connectivity index (χ3v) is 7.54. The molecule has 144 valence electrons. The van der Waals surface area contributed by atoms with Crippen LogP contribution in [-0.4, -0.2) is 37.2 Å². The lowest BCUT2D eigenvalue weighted by Crippen LogP contribution is -2.15. The van der Waals surface area contributed by atoms with Crippen LogP contribution in [0.4, 0.5) is 5.69 Å². The molecular formula is C16H12I3NO6S. The highest BCUT2D eigenvalue weighted by Gasteiger charge is 2.15. The molecule has 0 aliphatic carbocycles. The van der Waals surface area contributed by atoms with Gasteiger partial charge in [-0.1, -0.05) is 0 Å². The zero-order chi connectivity index (χ0) is 20.2. The molecule has 0 saturated carbocycles. The zero-order valence-electron chi connectivity index (χ0n) is 13.4. The van der Waals surface area contributed by atoms with Gasteiger partial charge in [-0.15, -0.1) is 0 Å². The molecule has 27 heavy (non-hydrogen) atoms. The average Bonchev–Trinajstić information content (AvgIpc) is 2.57. The van der Waals surface area contributed by atoms with Crippen LogP contribution < -0.4 is 5.32 Å². The number of amides is 1. The summed E-state index contributed by atoms with van der Waals surface area (Å²) in [6.07, 6.45) is 0. The molecule has 2 N–H and O–H groups in total. The number of ether oxygens (including phenoxy) is 1. The number of benzene rings is 2. The molecule has 0 bridgehead atoms. The van der Waals surface area contributed by atoms with Crippen LogP contribution in [0.25, 0.3) is 0 Å². The van der Waals surface area contributed by atoms with E-state index < -0.39 is 28.4 Å². The molecule has 0 unspecified atom stereocenters. The topological polar surface area (TPSA) is 110 Å². The Kier molecular flexibility index (Phi) is 8.26. The Bertz CT molecular complexity index is 976. The van der Waals surface area contributed by atoms with Gasteiger partial charge in [0.25, 0.3) is 16.0 Å². The highest BCUT2D eigenvalue weighted by molar-refractivity contribution is 14.1. The third-order valence-electron chi connectivity index (χ3n) is 3.19. The summed E-state index contributed by atoms with van der Waals surface area (Å²) < 4.78 is 37.4. The van der Waals surface area contributed by atoms with Crippen molar-refractivity contribution in [2.45, 2.75) is 0 Å². The molecule has 0 saturated heterocycles. The maximum absolute atomic E-state index is 12.5. The maximum Gasteiger partial charge on any atom is 0.338 e. The molecular weight excluding hydrogens is 715 g/mol. The second-order valence-corrected chi connectivity index (χ2v) is 10.3. The molecule has 0 atom stereocenters. The molecule has 11 heteroatoms. The van der Waals surface area contributed by atoms with Gasteiger partial charge in [0, 0.05) is 16.4 Å². The number of esters is 1. The van der Waals surface area contributed by atoms with E-state index in [1.807, 2.05) is 6.07 Å². The minimum Gasteiger partial charge on any atom is -0.461 e. The van der Waals surface area contributed by atoms with Gasteiger partial charge < -0.3 is 10.1 Å². The second-order valence-electron chi connectivity index (χ2n) is 5.20. The van der Waals surface area contributed by atoms with Crippen LogP contribution in [0.15, 0.2) is 36.4 Å². The summed E-state index contributed by atoms with van der Waals surface area (Å²) >= 11 is 6.43. The fourth-order valence-electron chi connectivity index (χ4n) is 1.93. The van der Waals surface area contributed by atoms with Gasteiger partial charge >= 0.3 is 5.97 Å². The van der Waals surface area contributed by atoms with Crippen molar-refractivity contribution in [2.75, 3.05) is 17.7 Å². The van der Waals surface area contributed by atoms with Crippen LogP contribution in [0, 0.1) is 10.7 Å². The summed E-state index contributed by atoms with van der Waals surface area (Å²) in [5.74, 6) is -1.65. The maximum atomic E-state index is 12.5. The zero-order valence-corrected chi connectivity index (χ0v) is 20.7. The van der Waals surface area contributed by atoms with Gasteiger partial charge in [0.15, 0.2) is 0 Å². The van der Waals surface area contributed by atoms with Crippen LogP contribution in [0.3, 0.4) is 0 Å². The van der Waals surface area contributed by atoms with E-state index in [2.05, 4.69) is 73.1 Å². The first-order valence-corrected chi connectivity index (χ1v) is 12.1. The molecule has 1 amide bonds. The van der Waals surface area contributed by atoms with Gasteiger partial charge in [0.1, 0.15) is 12.4 Å². The first-order valence-electron chi connectivity index (χ1n) is 7.25. The van der Waals surface area contributed by atoms with Crippen molar-refractivity contribution in [1.29, 1.82) is 0 Å². The fourth-order valence-corrected chi connectivity index (χ4v) is 4.63. The van der Waals surface area contributed by atoms with Crippen LogP contribution >= 0.6 is 67.8 Å². The molecule has 0 aromatic heterocycles. The molecule has 0 heterocycles. The summed E-state index contributed by atoms with van der Waals surface area (Å²) in [7, 11) is -4.18. The smallest absolute Gasteiger partial charge is 0.338 e. The van der Waals surface area contributed by atoms with Gasteiger partial charge in [-0.2, -0.15) is 8.42 Å². The van der Waals surface area contributed by atoms with Crippen molar-refractivity contribution >= 4 is 95.5 Å². The fraction of sp³-hybridized carbons (Fsp3) is 0.125. The van der Waals surface area contributed by atoms with Crippen molar-refractivity contribution in [1.82, 2.24) is 0 Å². The van der Waals surface area contributed by atoms with E-state index in [0.717, 1.165) is 10.7 Å². The minimum atomic E-state index is -4.18. The largest absolute Gasteiger partial charge is 0.461 e. The van der Waals surface area contributed by atoms with Crippen molar-refractivity contribution in [3.05, 3.63) is 58.2 Å². The van der Waals surface area contributed by atoms with Gasteiger partial charge in [-0.25, -0.2) is 4.79 Å². The van der Waals surface area contributed by atoms with E-state index in [1.54, 1.807) is 18.2 Å². The predicted octanol–water partition coefficient (Wildman–Crippen LogP) is 3.80. The van der Waals surface area contributed by atoms with Crippen LogP contribution in [0.1, 0.15) is 20.7 Å². The van der Waals surface area contributed by atoms with Crippen LogP contribution in [0.5, 0.6) is 0 Å². The summed E-state index contributed by atoms with van der Waals surface area (Å²) in [5.41, 5.74) is 1.25. The first kappa shape index (κ1) is 22.8. The summed E-state index contributed by atoms with van der Waals surface area (Å²) in [5, 5.41) is 2.77. The summed E-state index contributed by atoms with van der Waals surface area (Å²) in [4.78, 5) is 24.3. The van der Waals surface area contributed by atoms with Crippen LogP contribution in [0.2, 0.25) is 0 Å². The predicted molar refractivity (Wildman–Crippen MR) is 126 cm³/mol. The van der Waals surface area contributed by atoms with Crippen molar-refractivity contribution < 1.29 is 27.3 Å². The molecule has 0 aliphatic rings. The molecule has 0 aliphatic heterocycles. The van der Waals surface area contributed by atoms with Crippen molar-refractivity contribution in [2.24, 2.45) is 0 Å². The Morgan fingerprint density at radius 1 is 1.07 bits per heavy atom. The number of carbonyl (C=O) groups is 2. The van der Waals surface area contributed by atoms with Gasteiger partial charge in [-0.05, 0) is 104 Å². The lowest BCUT2D eigenvalue weighted by Gasteiger charge is -2.10. The number of hydrogen-bond donors (Lipinski definition) is 2. The number of halogens is 3. The van der Waals surface area contributed by atoms with E-state index in [0.29, 0.717) is 11.3 Å². The average molecular weight is 727 g/mol. The van der Waals surface area contributed by atoms with Crippen LogP contribution in [-0.2, 0) is 14.9 Å². The Hall–Kier alpha value is -0.520. The molecule has 2 rings (SSSR count). The quantitative estimate of drug-likeness (QED) is 0.203. The van der Waals surface area contributed by atoms with E-state index in [4.69, 9.17) is 9.29 Å². The Morgan fingerprint density at radius 3 is 2.30 bits per heavy atom. The summed E-state index contributed by atoms with van der Waals surface area (Å²) in [6, 6.07) is 9.76. The van der Waals surface area contributed by atoms with Crippen molar-refractivity contribution in [3.8, 4) is 0 Å². The summed E-state index contributed by atoms with van der Waals surface area (Å²) in [6.45, 7) is -0.445. The first-order chi connectivity index (χ1) is 12.6. The van der Waals surface area contributed by atoms with Crippen molar-refractivity contribution in [3.63, 3.8) is 0 Å². The Balaban J connectivity index is 2.03. The molecule has 0 fully saturated rings. The Labute approximate surface area is 196 Å².